The van der Waals surface area contributed by atoms with Gasteiger partial charge in [-0.05, 0) is 91.6 Å². The van der Waals surface area contributed by atoms with Crippen molar-refractivity contribution in [3.05, 3.63) is 99.6 Å². The van der Waals surface area contributed by atoms with Crippen LogP contribution in [0.25, 0.3) is 0 Å². The van der Waals surface area contributed by atoms with Crippen molar-refractivity contribution in [2.75, 3.05) is 25.5 Å². The fourth-order valence-corrected chi connectivity index (χ4v) is 7.14. The molecule has 0 aromatic heterocycles. The molecule has 2 saturated heterocycles. The van der Waals surface area contributed by atoms with Crippen molar-refractivity contribution in [2.45, 2.75) is 75.9 Å². The van der Waals surface area contributed by atoms with Gasteiger partial charge in [-0.3, -0.25) is 24.6 Å². The third-order valence-electron chi connectivity index (χ3n) is 9.89. The number of hydrogen-bond acceptors (Lipinski definition) is 6. The third-order valence-corrected chi connectivity index (χ3v) is 9.89. The minimum Gasteiger partial charge on any atom is -0.388 e. The molecular formula is C37H41F2N5O3. The summed E-state index contributed by atoms with van der Waals surface area (Å²) in [6, 6.07) is 18.2. The van der Waals surface area contributed by atoms with E-state index in [1.54, 1.807) is 18.0 Å². The number of fused-ring (bicyclic) bond motifs is 1. The number of benzene rings is 3. The van der Waals surface area contributed by atoms with Crippen molar-refractivity contribution in [1.29, 1.82) is 5.41 Å². The highest BCUT2D eigenvalue weighted by Gasteiger charge is 2.39. The molecule has 3 N–H and O–H groups in total. The second-order valence-electron chi connectivity index (χ2n) is 12.9. The predicted octanol–water partition coefficient (Wildman–Crippen LogP) is 5.98. The molecule has 3 aliphatic heterocycles. The summed E-state index contributed by atoms with van der Waals surface area (Å²) in [5.41, 5.74) is 6.10. The molecule has 3 aromatic rings. The van der Waals surface area contributed by atoms with Crippen LogP contribution in [0.2, 0.25) is 0 Å². The molecule has 47 heavy (non-hydrogen) atoms. The highest BCUT2D eigenvalue weighted by molar-refractivity contribution is 6.05. The number of hydrogen-bond donors (Lipinski definition) is 3. The molecule has 0 spiro atoms. The maximum absolute atomic E-state index is 14.9. The number of aryl methyl sites for hydroxylation is 1. The van der Waals surface area contributed by atoms with E-state index in [1.165, 1.54) is 23.3 Å². The number of alkyl halides is 2. The molecule has 6 rings (SSSR count). The molecule has 10 heteroatoms. The highest BCUT2D eigenvalue weighted by atomic mass is 19.3. The molecule has 3 aromatic carbocycles. The van der Waals surface area contributed by atoms with Gasteiger partial charge in [0.25, 0.3) is 11.8 Å². The zero-order chi connectivity index (χ0) is 33.1. The molecule has 3 heterocycles. The molecule has 1 atom stereocenters. The maximum atomic E-state index is 14.9. The second kappa shape index (κ2) is 13.7. The summed E-state index contributed by atoms with van der Waals surface area (Å²) in [5, 5.41) is 12.8. The number of anilines is 1. The highest BCUT2D eigenvalue weighted by Crippen LogP contribution is 2.36. The molecule has 0 aliphatic carbocycles. The van der Waals surface area contributed by atoms with Crippen LogP contribution in [0.5, 0.6) is 0 Å². The largest absolute Gasteiger partial charge is 0.388 e. The van der Waals surface area contributed by atoms with E-state index in [2.05, 4.69) is 33.7 Å². The Labute approximate surface area is 274 Å². The normalized spacial score (nSPS) is 19.1. The van der Waals surface area contributed by atoms with E-state index < -0.39 is 17.9 Å². The quantitative estimate of drug-likeness (QED) is 0.177. The van der Waals surface area contributed by atoms with Gasteiger partial charge in [0.2, 0.25) is 11.8 Å². The molecule has 0 bridgehead atoms. The minimum atomic E-state index is -2.95. The standard InChI is InChI=1S/C37H41F2N5O3/c1-41-32-11-9-30(20-28(32)21-40)37(38,39)16-2-3-24-4-6-25(7-5-24)22-43-17-14-26(15-18-43)27-8-10-31-29(19-27)23-44(36(31)47)33-12-13-34(45)42-35(33)46/h4-11,19-21,26,33,40-41H,2-3,12-18,22-23H2,1H3,(H,42,45,46). The third kappa shape index (κ3) is 7.12. The van der Waals surface area contributed by atoms with Gasteiger partial charge in [-0.2, -0.15) is 0 Å². The fourth-order valence-electron chi connectivity index (χ4n) is 7.14. The van der Waals surface area contributed by atoms with E-state index in [1.807, 2.05) is 24.3 Å². The van der Waals surface area contributed by atoms with Crippen LogP contribution in [0, 0.1) is 5.41 Å². The van der Waals surface area contributed by atoms with Crippen LogP contribution in [-0.2, 0) is 35.0 Å². The predicted molar refractivity (Wildman–Crippen MR) is 177 cm³/mol. The van der Waals surface area contributed by atoms with E-state index in [4.69, 9.17) is 5.41 Å². The summed E-state index contributed by atoms with van der Waals surface area (Å²) in [4.78, 5) is 41.0. The summed E-state index contributed by atoms with van der Waals surface area (Å²) in [6.45, 7) is 3.13. The molecule has 3 aliphatic rings. The van der Waals surface area contributed by atoms with Gasteiger partial charge in [0.1, 0.15) is 6.04 Å². The first kappa shape index (κ1) is 32.5. The molecule has 0 saturated carbocycles. The lowest BCUT2D eigenvalue weighted by Crippen LogP contribution is -2.52. The summed E-state index contributed by atoms with van der Waals surface area (Å²) >= 11 is 0. The second-order valence-corrected chi connectivity index (χ2v) is 12.9. The Morgan fingerprint density at radius 3 is 2.43 bits per heavy atom. The average molecular weight is 642 g/mol. The van der Waals surface area contributed by atoms with Crippen molar-refractivity contribution in [3.8, 4) is 0 Å². The molecule has 3 amide bonds. The topological polar surface area (TPSA) is 106 Å². The Bertz CT molecular complexity index is 1670. The number of nitrogens with one attached hydrogen (secondary N) is 3. The molecule has 2 fully saturated rings. The van der Waals surface area contributed by atoms with E-state index in [9.17, 15) is 23.2 Å². The van der Waals surface area contributed by atoms with Gasteiger partial charge in [-0.15, -0.1) is 0 Å². The molecule has 8 nitrogen and oxygen atoms in total. The zero-order valence-electron chi connectivity index (χ0n) is 26.7. The number of nitrogens with zero attached hydrogens (tertiary/aromatic N) is 2. The van der Waals surface area contributed by atoms with Crippen LogP contribution in [0.1, 0.15) is 88.2 Å². The van der Waals surface area contributed by atoms with E-state index in [0.29, 0.717) is 48.5 Å². The van der Waals surface area contributed by atoms with Crippen LogP contribution in [-0.4, -0.2) is 59.9 Å². The SMILES string of the molecule is CNc1ccc(C(F)(F)CCCc2ccc(CN3CCC(c4ccc5c(c4)CN(C4CCC(=O)NC4=O)C5=O)CC3)cc2)cc1C=N. The lowest BCUT2D eigenvalue weighted by Gasteiger charge is -2.32. The fraction of sp³-hybridized carbons (Fsp3) is 0.405. The number of rotatable bonds is 11. The average Bonchev–Trinajstić information content (AvgIpc) is 3.40. The lowest BCUT2D eigenvalue weighted by atomic mass is 9.87. The number of piperidine rings is 2. The van der Waals surface area contributed by atoms with Crippen LogP contribution < -0.4 is 10.6 Å². The van der Waals surface area contributed by atoms with E-state index in [-0.39, 0.29) is 30.2 Å². The number of carbonyl (C=O) groups is 3. The number of halogens is 2. The van der Waals surface area contributed by atoms with Crippen molar-refractivity contribution in [3.63, 3.8) is 0 Å². The summed E-state index contributed by atoms with van der Waals surface area (Å²) in [6.07, 6.45) is 4.40. The van der Waals surface area contributed by atoms with Crippen molar-refractivity contribution in [1.82, 2.24) is 15.1 Å². The first-order valence-corrected chi connectivity index (χ1v) is 16.4. The van der Waals surface area contributed by atoms with E-state index in [0.717, 1.165) is 49.8 Å². The zero-order valence-corrected chi connectivity index (χ0v) is 26.7. The van der Waals surface area contributed by atoms with Crippen LogP contribution >= 0.6 is 0 Å². The first-order valence-electron chi connectivity index (χ1n) is 16.4. The molecule has 0 radical (unpaired) electrons. The van der Waals surface area contributed by atoms with Crippen molar-refractivity contribution >= 4 is 29.6 Å². The summed E-state index contributed by atoms with van der Waals surface area (Å²) in [5.74, 6) is -3.38. The van der Waals surface area contributed by atoms with Crippen molar-refractivity contribution in [2.24, 2.45) is 0 Å². The van der Waals surface area contributed by atoms with Gasteiger partial charge >= 0.3 is 0 Å². The Morgan fingerprint density at radius 1 is 0.979 bits per heavy atom. The van der Waals surface area contributed by atoms with Gasteiger partial charge in [-0.25, -0.2) is 8.78 Å². The number of imide groups is 1. The smallest absolute Gasteiger partial charge is 0.273 e. The van der Waals surface area contributed by atoms with E-state index >= 15 is 0 Å². The van der Waals surface area contributed by atoms with Gasteiger partial charge in [0, 0.05) is 61.6 Å². The number of amides is 3. The monoisotopic (exact) mass is 641 g/mol. The summed E-state index contributed by atoms with van der Waals surface area (Å²) in [7, 11) is 1.71. The number of likely N-dealkylation sites (tertiary alicyclic amines) is 1. The molecule has 246 valence electrons. The van der Waals surface area contributed by atoms with Crippen LogP contribution in [0.15, 0.2) is 60.7 Å². The lowest BCUT2D eigenvalue weighted by molar-refractivity contribution is -0.136. The van der Waals surface area contributed by atoms with Crippen LogP contribution in [0.3, 0.4) is 0 Å². The first-order chi connectivity index (χ1) is 22.6. The Kier molecular flexibility index (Phi) is 9.50. The molecular weight excluding hydrogens is 600 g/mol. The Hall–Kier alpha value is -4.44. The Morgan fingerprint density at radius 2 is 1.72 bits per heavy atom. The van der Waals surface area contributed by atoms with Gasteiger partial charge in [-0.1, -0.05) is 42.5 Å². The van der Waals surface area contributed by atoms with Gasteiger partial charge < -0.3 is 15.6 Å². The Balaban J connectivity index is 0.968. The van der Waals surface area contributed by atoms with Crippen LogP contribution in [0.4, 0.5) is 14.5 Å². The van der Waals surface area contributed by atoms with Gasteiger partial charge in [0.05, 0.1) is 0 Å². The minimum absolute atomic E-state index is 0.0585. The molecule has 1 unspecified atom stereocenters. The van der Waals surface area contributed by atoms with Gasteiger partial charge in [0.15, 0.2) is 0 Å². The van der Waals surface area contributed by atoms with Crippen molar-refractivity contribution < 1.29 is 23.2 Å². The maximum Gasteiger partial charge on any atom is 0.273 e. The summed E-state index contributed by atoms with van der Waals surface area (Å²) < 4.78 is 29.8. The number of carbonyl (C=O) groups excluding carboxylic acids is 3.